The van der Waals surface area contributed by atoms with Crippen molar-refractivity contribution in [3.63, 3.8) is 0 Å². The number of hydrogen-bond donors (Lipinski definition) is 2. The number of para-hydroxylation sites is 1. The summed E-state index contributed by atoms with van der Waals surface area (Å²) in [4.78, 5) is 7.15. The molecule has 0 atom stereocenters. The number of fused-ring (bicyclic) bond motifs is 1. The summed E-state index contributed by atoms with van der Waals surface area (Å²) in [5.41, 5.74) is 0.262. The molecule has 0 bridgehead atoms. The van der Waals surface area contributed by atoms with E-state index in [1.807, 2.05) is 0 Å². The minimum atomic E-state index is -4.57. The predicted octanol–water partition coefficient (Wildman–Crippen LogP) is 3.22. The molecule has 0 aliphatic rings. The molecule has 0 aliphatic carbocycles. The molecule has 7 heteroatoms. The van der Waals surface area contributed by atoms with Gasteiger partial charge in [0.15, 0.2) is 0 Å². The van der Waals surface area contributed by atoms with Crippen molar-refractivity contribution in [2.24, 2.45) is 0 Å². The van der Waals surface area contributed by atoms with E-state index in [1.165, 1.54) is 6.07 Å². The standard InChI is InChI=1S/C14H16F3N3O/c15-14(16,17)13-19-11-7-3-2-6-10(11)12(20-13)18-8-4-1-5-9-21/h2-3,6-7,21H,1,4-5,8-9H2,(H,18,19,20). The molecule has 4 nitrogen and oxygen atoms in total. The first-order valence-corrected chi connectivity index (χ1v) is 6.71. The van der Waals surface area contributed by atoms with Crippen LogP contribution in [0.5, 0.6) is 0 Å². The molecule has 2 aromatic rings. The second-order valence-corrected chi connectivity index (χ2v) is 4.62. The van der Waals surface area contributed by atoms with Gasteiger partial charge in [0, 0.05) is 18.5 Å². The third-order valence-electron chi connectivity index (χ3n) is 2.98. The second kappa shape index (κ2) is 6.71. The van der Waals surface area contributed by atoms with Gasteiger partial charge in [-0.1, -0.05) is 12.1 Å². The highest BCUT2D eigenvalue weighted by Gasteiger charge is 2.35. The minimum Gasteiger partial charge on any atom is -0.396 e. The second-order valence-electron chi connectivity index (χ2n) is 4.62. The van der Waals surface area contributed by atoms with Gasteiger partial charge in [-0.2, -0.15) is 13.2 Å². The number of nitrogens with one attached hydrogen (secondary N) is 1. The van der Waals surface area contributed by atoms with Crippen molar-refractivity contribution in [3.05, 3.63) is 30.1 Å². The zero-order valence-electron chi connectivity index (χ0n) is 11.3. The Morgan fingerprint density at radius 2 is 1.81 bits per heavy atom. The van der Waals surface area contributed by atoms with E-state index in [4.69, 9.17) is 5.11 Å². The lowest BCUT2D eigenvalue weighted by Gasteiger charge is -2.12. The van der Waals surface area contributed by atoms with Crippen LogP contribution in [0.4, 0.5) is 19.0 Å². The first-order chi connectivity index (χ1) is 10.0. The lowest BCUT2D eigenvalue weighted by molar-refractivity contribution is -0.144. The number of hydrogen-bond acceptors (Lipinski definition) is 4. The molecule has 1 aromatic carbocycles. The summed E-state index contributed by atoms with van der Waals surface area (Å²) in [5.74, 6) is -0.948. The van der Waals surface area contributed by atoms with Gasteiger partial charge < -0.3 is 10.4 Å². The van der Waals surface area contributed by atoms with Crippen molar-refractivity contribution in [1.29, 1.82) is 0 Å². The van der Waals surface area contributed by atoms with E-state index in [-0.39, 0.29) is 17.9 Å². The number of aliphatic hydroxyl groups is 1. The Hall–Kier alpha value is -1.89. The molecule has 0 saturated carbocycles. The highest BCUT2D eigenvalue weighted by molar-refractivity contribution is 5.89. The van der Waals surface area contributed by atoms with Crippen molar-refractivity contribution in [3.8, 4) is 0 Å². The Balaban J connectivity index is 2.23. The van der Waals surface area contributed by atoms with Crippen molar-refractivity contribution >= 4 is 16.7 Å². The fourth-order valence-corrected chi connectivity index (χ4v) is 1.96. The largest absolute Gasteiger partial charge is 0.451 e. The van der Waals surface area contributed by atoms with Crippen LogP contribution in [0, 0.1) is 0 Å². The smallest absolute Gasteiger partial charge is 0.396 e. The summed E-state index contributed by atoms with van der Waals surface area (Å²) in [6.07, 6.45) is -2.34. The summed E-state index contributed by atoms with van der Waals surface area (Å²) in [6, 6.07) is 6.59. The molecule has 21 heavy (non-hydrogen) atoms. The predicted molar refractivity (Wildman–Crippen MR) is 74.0 cm³/mol. The first-order valence-electron chi connectivity index (χ1n) is 6.71. The molecule has 0 saturated heterocycles. The number of halogens is 3. The molecular formula is C14H16F3N3O. The number of rotatable bonds is 6. The molecule has 0 aliphatic heterocycles. The number of alkyl halides is 3. The van der Waals surface area contributed by atoms with Crippen LogP contribution in [0.25, 0.3) is 10.9 Å². The Morgan fingerprint density at radius 3 is 2.52 bits per heavy atom. The van der Waals surface area contributed by atoms with Crippen LogP contribution in [-0.2, 0) is 6.18 Å². The molecule has 2 N–H and O–H groups in total. The van der Waals surface area contributed by atoms with Crippen LogP contribution in [0.3, 0.4) is 0 Å². The third kappa shape index (κ3) is 4.04. The van der Waals surface area contributed by atoms with Crippen molar-refractivity contribution in [1.82, 2.24) is 9.97 Å². The summed E-state index contributed by atoms with van der Waals surface area (Å²) in [7, 11) is 0. The number of aromatic nitrogens is 2. The van der Waals surface area contributed by atoms with Gasteiger partial charge in [-0.3, -0.25) is 0 Å². The van der Waals surface area contributed by atoms with Gasteiger partial charge in [0.1, 0.15) is 5.82 Å². The van der Waals surface area contributed by atoms with Crippen LogP contribution < -0.4 is 5.32 Å². The molecule has 0 unspecified atom stereocenters. The molecule has 114 valence electrons. The van der Waals surface area contributed by atoms with Gasteiger partial charge in [-0.05, 0) is 31.4 Å². The Kier molecular flexibility index (Phi) is 4.95. The van der Waals surface area contributed by atoms with Crippen LogP contribution in [0.2, 0.25) is 0 Å². The maximum absolute atomic E-state index is 12.8. The Labute approximate surface area is 120 Å². The van der Waals surface area contributed by atoms with Crippen LogP contribution in [-0.4, -0.2) is 28.2 Å². The number of unbranched alkanes of at least 4 members (excludes halogenated alkanes) is 2. The number of aliphatic hydroxyl groups excluding tert-OH is 1. The molecule has 1 heterocycles. The Bertz CT molecular complexity index is 602. The third-order valence-corrected chi connectivity index (χ3v) is 2.98. The summed E-state index contributed by atoms with van der Waals surface area (Å²) in [5, 5.41) is 12.2. The number of benzene rings is 1. The lowest BCUT2D eigenvalue weighted by atomic mass is 10.2. The van der Waals surface area contributed by atoms with Gasteiger partial charge in [-0.15, -0.1) is 0 Å². The normalized spacial score (nSPS) is 11.8. The topological polar surface area (TPSA) is 58.0 Å². The fourth-order valence-electron chi connectivity index (χ4n) is 1.96. The number of anilines is 1. The monoisotopic (exact) mass is 299 g/mol. The zero-order valence-corrected chi connectivity index (χ0v) is 11.3. The van der Waals surface area contributed by atoms with Crippen molar-refractivity contribution in [2.45, 2.75) is 25.4 Å². The average molecular weight is 299 g/mol. The van der Waals surface area contributed by atoms with E-state index in [2.05, 4.69) is 15.3 Å². The maximum Gasteiger partial charge on any atom is 0.451 e. The summed E-state index contributed by atoms with van der Waals surface area (Å²) >= 11 is 0. The lowest BCUT2D eigenvalue weighted by Crippen LogP contribution is -2.14. The highest BCUT2D eigenvalue weighted by atomic mass is 19.4. The van der Waals surface area contributed by atoms with Crippen LogP contribution in [0.1, 0.15) is 25.1 Å². The van der Waals surface area contributed by atoms with Crippen LogP contribution in [0.15, 0.2) is 24.3 Å². The summed E-state index contributed by atoms with van der Waals surface area (Å²) < 4.78 is 38.4. The molecule has 0 radical (unpaired) electrons. The number of nitrogens with zero attached hydrogens (tertiary/aromatic N) is 2. The van der Waals surface area contributed by atoms with Gasteiger partial charge in [0.2, 0.25) is 5.82 Å². The molecule has 0 amide bonds. The Morgan fingerprint density at radius 1 is 1.05 bits per heavy atom. The van der Waals surface area contributed by atoms with Crippen molar-refractivity contribution < 1.29 is 18.3 Å². The SMILES string of the molecule is OCCCCCNc1nc(C(F)(F)F)nc2ccccc12. The maximum atomic E-state index is 12.8. The fraction of sp³-hybridized carbons (Fsp3) is 0.429. The van der Waals surface area contributed by atoms with Gasteiger partial charge in [-0.25, -0.2) is 9.97 Å². The van der Waals surface area contributed by atoms with E-state index in [0.717, 1.165) is 12.8 Å². The van der Waals surface area contributed by atoms with Crippen molar-refractivity contribution in [2.75, 3.05) is 18.5 Å². The zero-order chi connectivity index (χ0) is 15.3. The molecule has 1 aromatic heterocycles. The minimum absolute atomic E-state index is 0.120. The van der Waals surface area contributed by atoms with E-state index in [0.29, 0.717) is 18.4 Å². The summed E-state index contributed by atoms with van der Waals surface area (Å²) in [6.45, 7) is 0.618. The molecule has 0 fully saturated rings. The van der Waals surface area contributed by atoms with E-state index in [1.54, 1.807) is 18.2 Å². The average Bonchev–Trinajstić information content (AvgIpc) is 2.45. The van der Waals surface area contributed by atoms with E-state index < -0.39 is 12.0 Å². The van der Waals surface area contributed by atoms with E-state index >= 15 is 0 Å². The quantitative estimate of drug-likeness (QED) is 0.804. The van der Waals surface area contributed by atoms with Gasteiger partial charge in [0.25, 0.3) is 0 Å². The highest BCUT2D eigenvalue weighted by Crippen LogP contribution is 2.30. The molecule has 2 rings (SSSR count). The molecular weight excluding hydrogens is 283 g/mol. The van der Waals surface area contributed by atoms with E-state index in [9.17, 15) is 13.2 Å². The van der Waals surface area contributed by atoms with Gasteiger partial charge in [0.05, 0.1) is 5.52 Å². The van der Waals surface area contributed by atoms with Gasteiger partial charge >= 0.3 is 6.18 Å². The van der Waals surface area contributed by atoms with Crippen LogP contribution >= 0.6 is 0 Å². The molecule has 0 spiro atoms. The first kappa shape index (κ1) is 15.5.